The molecule has 4 aromatic rings. The highest BCUT2D eigenvalue weighted by Crippen LogP contribution is 2.29. The molecule has 8 nitrogen and oxygen atoms in total. The second kappa shape index (κ2) is 14.1. The van der Waals surface area contributed by atoms with Gasteiger partial charge in [-0.25, -0.2) is 0 Å². The van der Waals surface area contributed by atoms with E-state index in [0.29, 0.717) is 43.2 Å². The zero-order valence-corrected chi connectivity index (χ0v) is 26.3. The maximum atomic E-state index is 13.1. The van der Waals surface area contributed by atoms with Crippen LogP contribution in [0.15, 0.2) is 78.0 Å². The van der Waals surface area contributed by atoms with Crippen molar-refractivity contribution in [3.63, 3.8) is 0 Å². The Morgan fingerprint density at radius 2 is 1.58 bits per heavy atom. The minimum Gasteiger partial charge on any atom is -0.484 e. The monoisotopic (exact) mass is 617 g/mol. The molecule has 1 aliphatic rings. The molecular weight excluding hydrogens is 582 g/mol. The van der Waals surface area contributed by atoms with Gasteiger partial charge in [0, 0.05) is 54.1 Å². The predicted octanol–water partition coefficient (Wildman–Crippen LogP) is 6.22. The highest BCUT2D eigenvalue weighted by Gasteiger charge is 2.29. The molecule has 1 unspecified atom stereocenters. The van der Waals surface area contributed by atoms with Crippen LogP contribution >= 0.6 is 23.4 Å². The molecule has 0 N–H and O–H groups in total. The molecule has 1 atom stereocenters. The van der Waals surface area contributed by atoms with Gasteiger partial charge in [0.05, 0.1) is 0 Å². The third-order valence-corrected chi connectivity index (χ3v) is 8.75. The van der Waals surface area contributed by atoms with E-state index in [4.69, 9.17) is 16.3 Å². The highest BCUT2D eigenvalue weighted by atomic mass is 35.5. The lowest BCUT2D eigenvalue weighted by Crippen LogP contribution is -2.56. The number of benzene rings is 3. The van der Waals surface area contributed by atoms with Gasteiger partial charge in [-0.15, -0.1) is 10.2 Å². The molecule has 0 radical (unpaired) electrons. The van der Waals surface area contributed by atoms with Crippen LogP contribution in [0.2, 0.25) is 5.02 Å². The molecule has 1 saturated heterocycles. The number of hydrogen-bond acceptors (Lipinski definition) is 6. The molecule has 224 valence electrons. The molecule has 3 aromatic carbocycles. The summed E-state index contributed by atoms with van der Waals surface area (Å²) in [6, 6.07) is 23.5. The Kier molecular flexibility index (Phi) is 10.0. The number of rotatable bonds is 10. The minimum absolute atomic E-state index is 0.0457. The van der Waals surface area contributed by atoms with E-state index >= 15 is 0 Å². The van der Waals surface area contributed by atoms with E-state index in [0.717, 1.165) is 28.0 Å². The molecule has 0 saturated carbocycles. The van der Waals surface area contributed by atoms with Gasteiger partial charge in [-0.3, -0.25) is 14.2 Å². The van der Waals surface area contributed by atoms with E-state index in [1.54, 1.807) is 40.9 Å². The summed E-state index contributed by atoms with van der Waals surface area (Å²) in [5.41, 5.74) is 4.39. The van der Waals surface area contributed by atoms with Crippen molar-refractivity contribution in [1.29, 1.82) is 0 Å². The number of hydrogen-bond donors (Lipinski definition) is 0. The summed E-state index contributed by atoms with van der Waals surface area (Å²) in [5, 5.41) is 10.5. The maximum Gasteiger partial charge on any atom is 0.260 e. The molecule has 1 aromatic heterocycles. The Balaban J connectivity index is 1.13. The Hall–Kier alpha value is -3.82. The molecule has 0 spiro atoms. The first-order chi connectivity index (χ1) is 20.8. The van der Waals surface area contributed by atoms with Gasteiger partial charge in [-0.05, 0) is 63.6 Å². The van der Waals surface area contributed by atoms with Gasteiger partial charge in [0.1, 0.15) is 5.75 Å². The standard InChI is InChI=1S/C33H36ClN5O3S/c1-23-6-10-26(11-7-23)32-35-36-33(39(32)28-14-8-24(2)9-15-28)43-20-4-5-30(40)37-18-19-38(25(3)21-37)31(41)22-42-29-16-12-27(34)13-17-29/h6-17,25H,4-5,18-22H2,1-3H3. The van der Waals surface area contributed by atoms with Crippen LogP contribution < -0.4 is 4.74 Å². The van der Waals surface area contributed by atoms with Gasteiger partial charge in [-0.2, -0.15) is 0 Å². The van der Waals surface area contributed by atoms with Crippen molar-refractivity contribution in [3.05, 3.63) is 88.9 Å². The van der Waals surface area contributed by atoms with Crippen molar-refractivity contribution in [2.45, 2.75) is 44.8 Å². The lowest BCUT2D eigenvalue weighted by molar-refractivity contribution is -0.143. The van der Waals surface area contributed by atoms with E-state index in [2.05, 4.69) is 77.1 Å². The molecule has 10 heteroatoms. The third kappa shape index (κ3) is 7.77. The van der Waals surface area contributed by atoms with Crippen molar-refractivity contribution in [1.82, 2.24) is 24.6 Å². The van der Waals surface area contributed by atoms with Gasteiger partial charge >= 0.3 is 0 Å². The van der Waals surface area contributed by atoms with Gasteiger partial charge in [0.2, 0.25) is 5.91 Å². The van der Waals surface area contributed by atoms with E-state index in [9.17, 15) is 9.59 Å². The van der Waals surface area contributed by atoms with Crippen LogP contribution in [0.1, 0.15) is 30.9 Å². The number of ether oxygens (including phenoxy) is 1. The summed E-state index contributed by atoms with van der Waals surface area (Å²) in [6.07, 6.45) is 1.16. The van der Waals surface area contributed by atoms with Gasteiger partial charge in [0.15, 0.2) is 17.6 Å². The number of aromatic nitrogens is 3. The first kappa shape index (κ1) is 30.6. The first-order valence-corrected chi connectivity index (χ1v) is 15.8. The quantitative estimate of drug-likeness (QED) is 0.155. The Bertz CT molecular complexity index is 1540. The highest BCUT2D eigenvalue weighted by molar-refractivity contribution is 7.99. The molecule has 0 bridgehead atoms. The van der Waals surface area contributed by atoms with Crippen molar-refractivity contribution in [2.24, 2.45) is 0 Å². The van der Waals surface area contributed by atoms with Crippen molar-refractivity contribution in [2.75, 3.05) is 32.0 Å². The average molecular weight is 618 g/mol. The van der Waals surface area contributed by atoms with Gasteiger partial charge < -0.3 is 14.5 Å². The minimum atomic E-state index is -0.0892. The Morgan fingerprint density at radius 1 is 0.907 bits per heavy atom. The summed E-state index contributed by atoms with van der Waals surface area (Å²) in [4.78, 5) is 29.5. The average Bonchev–Trinajstić information content (AvgIpc) is 3.43. The number of amides is 2. The topological polar surface area (TPSA) is 80.6 Å². The van der Waals surface area contributed by atoms with Gasteiger partial charge in [-0.1, -0.05) is 70.9 Å². The second-order valence-electron chi connectivity index (χ2n) is 10.8. The predicted molar refractivity (Wildman–Crippen MR) is 171 cm³/mol. The maximum absolute atomic E-state index is 13.1. The molecule has 1 aliphatic heterocycles. The number of aryl methyl sites for hydroxylation is 2. The number of thioether (sulfide) groups is 1. The number of piperazine rings is 1. The molecule has 0 aliphatic carbocycles. The van der Waals surface area contributed by atoms with Crippen LogP contribution in [-0.2, 0) is 9.59 Å². The summed E-state index contributed by atoms with van der Waals surface area (Å²) < 4.78 is 7.72. The molecule has 1 fully saturated rings. The van der Waals surface area contributed by atoms with Crippen molar-refractivity contribution in [3.8, 4) is 22.8 Å². The van der Waals surface area contributed by atoms with Crippen LogP contribution in [-0.4, -0.2) is 74.4 Å². The fourth-order valence-corrected chi connectivity index (χ4v) is 6.05. The molecular formula is C33H36ClN5O3S. The summed E-state index contributed by atoms with van der Waals surface area (Å²) in [6.45, 7) is 7.59. The lowest BCUT2D eigenvalue weighted by Gasteiger charge is -2.39. The normalized spacial score (nSPS) is 15.0. The Labute approximate surface area is 262 Å². The lowest BCUT2D eigenvalue weighted by atomic mass is 10.1. The van der Waals surface area contributed by atoms with Crippen molar-refractivity contribution < 1.29 is 14.3 Å². The second-order valence-corrected chi connectivity index (χ2v) is 12.3. The number of nitrogens with zero attached hydrogens (tertiary/aromatic N) is 5. The van der Waals surface area contributed by atoms with E-state index in [1.165, 1.54) is 11.1 Å². The van der Waals surface area contributed by atoms with Crippen LogP contribution in [0.25, 0.3) is 17.1 Å². The third-order valence-electron chi connectivity index (χ3n) is 7.48. The van der Waals surface area contributed by atoms with Crippen molar-refractivity contribution >= 4 is 35.2 Å². The van der Waals surface area contributed by atoms with E-state index in [-0.39, 0.29) is 24.5 Å². The van der Waals surface area contributed by atoms with Crippen LogP contribution in [0.3, 0.4) is 0 Å². The zero-order chi connectivity index (χ0) is 30.3. The summed E-state index contributed by atoms with van der Waals surface area (Å²) in [5.74, 6) is 2.15. The zero-order valence-electron chi connectivity index (χ0n) is 24.7. The van der Waals surface area contributed by atoms with Gasteiger partial charge in [0.25, 0.3) is 5.91 Å². The number of carbonyl (C=O) groups is 2. The largest absolute Gasteiger partial charge is 0.484 e. The SMILES string of the molecule is Cc1ccc(-c2nnc(SCCCC(=O)N3CCN(C(=O)COc4ccc(Cl)cc4)C(C)C3)n2-c2ccc(C)cc2)cc1. The van der Waals surface area contributed by atoms with Crippen LogP contribution in [0.4, 0.5) is 0 Å². The summed E-state index contributed by atoms with van der Waals surface area (Å²) in [7, 11) is 0. The van der Waals surface area contributed by atoms with E-state index in [1.807, 2.05) is 11.8 Å². The molecule has 2 amide bonds. The Morgan fingerprint density at radius 3 is 2.26 bits per heavy atom. The number of halogens is 1. The van der Waals surface area contributed by atoms with Crippen LogP contribution in [0.5, 0.6) is 5.75 Å². The molecule has 5 rings (SSSR count). The smallest absolute Gasteiger partial charge is 0.260 e. The number of carbonyl (C=O) groups excluding carboxylic acids is 2. The fourth-order valence-electron chi connectivity index (χ4n) is 5.04. The molecule has 43 heavy (non-hydrogen) atoms. The summed E-state index contributed by atoms with van der Waals surface area (Å²) >= 11 is 7.52. The first-order valence-electron chi connectivity index (χ1n) is 14.5. The fraction of sp³-hybridized carbons (Fsp3) is 0.333. The van der Waals surface area contributed by atoms with Crippen LogP contribution in [0, 0.1) is 13.8 Å². The molecule has 2 heterocycles. The van der Waals surface area contributed by atoms with E-state index < -0.39 is 0 Å².